The number of ether oxygens (including phenoxy) is 1. The highest BCUT2D eigenvalue weighted by molar-refractivity contribution is 6.39. The summed E-state index contributed by atoms with van der Waals surface area (Å²) in [5, 5.41) is 27.0. The number of azo groups is 2. The van der Waals surface area contributed by atoms with Crippen LogP contribution in [0.25, 0.3) is 0 Å². The summed E-state index contributed by atoms with van der Waals surface area (Å²) in [4.78, 5) is 78.2. The summed E-state index contributed by atoms with van der Waals surface area (Å²) in [6, 6.07) is 18.2. The molecular formula is C42H31Cl7N8O7. The lowest BCUT2D eigenvalue weighted by Crippen LogP contribution is -2.32. The number of hydrogen-bond acceptors (Lipinski definition) is 11. The van der Waals surface area contributed by atoms with Crippen molar-refractivity contribution in [2.45, 2.75) is 38.4 Å². The number of carbonyl (C=O) groups is 6. The predicted molar refractivity (Wildman–Crippen MR) is 249 cm³/mol. The molecule has 330 valence electrons. The number of halogens is 7. The molecule has 0 aliphatic rings. The van der Waals surface area contributed by atoms with Crippen LogP contribution in [0.3, 0.4) is 0 Å². The minimum absolute atomic E-state index is 0.00279. The lowest BCUT2D eigenvalue weighted by molar-refractivity contribution is -0.127. The van der Waals surface area contributed by atoms with Crippen LogP contribution in [-0.4, -0.2) is 52.8 Å². The maximum absolute atomic E-state index is 13.5. The number of alkyl halides is 1. The SMILES string of the molecule is CC(=O)C(N=Nc1cccc(C(=O)Nc2ccc(Cl)cc2Cl)c1Cl)C(=O)Nc1ccc(NC(=O)C(N=Nc2cccc(C(=O)Nc3ccc(Cl)cc3Cl)c2Cl)C(C)=O)c(OC(C)Cl)c1. The van der Waals surface area contributed by atoms with E-state index in [9.17, 15) is 28.8 Å². The molecule has 0 aromatic heterocycles. The number of Topliss-reactive ketones (excluding diaryl/α,β-unsaturated/α-hetero) is 2. The first-order chi connectivity index (χ1) is 30.3. The zero-order valence-electron chi connectivity index (χ0n) is 33.2. The van der Waals surface area contributed by atoms with Gasteiger partial charge in [0.05, 0.1) is 48.3 Å². The molecule has 5 aromatic carbocycles. The number of amides is 4. The second-order valence-electron chi connectivity index (χ2n) is 13.2. The number of ketones is 2. The van der Waals surface area contributed by atoms with Crippen molar-refractivity contribution in [1.29, 1.82) is 0 Å². The fourth-order valence-electron chi connectivity index (χ4n) is 5.37. The Morgan fingerprint density at radius 3 is 1.41 bits per heavy atom. The van der Waals surface area contributed by atoms with Crippen LogP contribution in [0.2, 0.25) is 30.1 Å². The Kier molecular flexibility index (Phi) is 17.2. The van der Waals surface area contributed by atoms with Gasteiger partial charge in [-0.1, -0.05) is 93.3 Å². The molecule has 64 heavy (non-hydrogen) atoms. The lowest BCUT2D eigenvalue weighted by atomic mass is 10.1. The van der Waals surface area contributed by atoms with E-state index in [2.05, 4.69) is 41.7 Å². The van der Waals surface area contributed by atoms with Crippen molar-refractivity contribution < 1.29 is 33.5 Å². The van der Waals surface area contributed by atoms with Gasteiger partial charge in [0.2, 0.25) is 12.1 Å². The standard InChI is InChI=1S/C42H31Cl7N8O7/c1-19(58)37(56-54-32-8-4-6-25(35(32)48)39(60)51-29-13-10-22(44)16-27(29)46)41(62)50-24-12-15-31(34(18-24)64-21(3)43)53-42(63)38(20(2)59)57-55-33-9-5-7-26(36(33)49)40(61)52-30-14-11-23(45)17-28(30)47/h4-18,21,37-38H,1-3H3,(H,50,62)(H,51,60)(H,52,61)(H,53,63). The maximum atomic E-state index is 13.5. The number of hydrogen-bond donors (Lipinski definition) is 4. The van der Waals surface area contributed by atoms with E-state index in [1.807, 2.05) is 0 Å². The monoisotopic (exact) mass is 1000 g/mol. The minimum Gasteiger partial charge on any atom is -0.473 e. The van der Waals surface area contributed by atoms with Crippen molar-refractivity contribution in [1.82, 2.24) is 0 Å². The molecule has 0 saturated heterocycles. The largest absolute Gasteiger partial charge is 0.473 e. The number of nitrogens with zero attached hydrogens (tertiary/aromatic N) is 4. The van der Waals surface area contributed by atoms with Crippen LogP contribution in [0.15, 0.2) is 111 Å². The van der Waals surface area contributed by atoms with Gasteiger partial charge in [0.15, 0.2) is 17.1 Å². The summed E-state index contributed by atoms with van der Waals surface area (Å²) < 4.78 is 5.67. The van der Waals surface area contributed by atoms with Crippen LogP contribution in [0.1, 0.15) is 41.5 Å². The molecule has 5 aromatic rings. The molecule has 3 atom stereocenters. The average Bonchev–Trinajstić information content (AvgIpc) is 3.21. The molecule has 4 N–H and O–H groups in total. The molecule has 15 nitrogen and oxygen atoms in total. The lowest BCUT2D eigenvalue weighted by Gasteiger charge is -2.17. The fraction of sp³-hybridized carbons (Fsp3) is 0.143. The highest BCUT2D eigenvalue weighted by atomic mass is 35.5. The maximum Gasteiger partial charge on any atom is 0.258 e. The number of rotatable bonds is 16. The molecule has 0 aliphatic heterocycles. The average molecular weight is 1010 g/mol. The van der Waals surface area contributed by atoms with Gasteiger partial charge in [-0.15, -0.1) is 0 Å². The molecular weight excluding hydrogens is 977 g/mol. The summed E-state index contributed by atoms with van der Waals surface area (Å²) in [5.41, 5.74) is -0.390. The first-order valence-electron chi connectivity index (χ1n) is 18.3. The summed E-state index contributed by atoms with van der Waals surface area (Å²) in [6.07, 6.45) is 0. The van der Waals surface area contributed by atoms with Crippen molar-refractivity contribution in [3.05, 3.63) is 132 Å². The van der Waals surface area contributed by atoms with Gasteiger partial charge in [0, 0.05) is 21.8 Å². The molecule has 0 saturated carbocycles. The zero-order valence-corrected chi connectivity index (χ0v) is 38.5. The molecule has 0 radical (unpaired) electrons. The quantitative estimate of drug-likeness (QED) is 0.0426. The fourth-order valence-corrected chi connectivity index (χ4v) is 6.88. The molecule has 0 spiro atoms. The molecule has 22 heteroatoms. The molecule has 0 aliphatic carbocycles. The van der Waals surface area contributed by atoms with Gasteiger partial charge >= 0.3 is 0 Å². The third kappa shape index (κ3) is 13.0. The summed E-state index contributed by atoms with van der Waals surface area (Å²) >= 11 is 43.3. The van der Waals surface area contributed by atoms with Crippen LogP contribution in [0, 0.1) is 0 Å². The van der Waals surface area contributed by atoms with Crippen LogP contribution < -0.4 is 26.0 Å². The number of carbonyl (C=O) groups excluding carboxylic acids is 6. The van der Waals surface area contributed by atoms with E-state index in [1.165, 1.54) is 97.9 Å². The Morgan fingerprint density at radius 2 is 0.984 bits per heavy atom. The van der Waals surface area contributed by atoms with E-state index in [4.69, 9.17) is 85.9 Å². The van der Waals surface area contributed by atoms with Gasteiger partial charge in [-0.05, 0) is 93.6 Å². The van der Waals surface area contributed by atoms with E-state index >= 15 is 0 Å². The number of benzene rings is 5. The molecule has 4 amide bonds. The molecule has 0 bridgehead atoms. The van der Waals surface area contributed by atoms with E-state index in [1.54, 1.807) is 0 Å². The number of anilines is 4. The molecule has 0 heterocycles. The zero-order chi connectivity index (χ0) is 46.8. The summed E-state index contributed by atoms with van der Waals surface area (Å²) in [7, 11) is 0. The smallest absolute Gasteiger partial charge is 0.258 e. The van der Waals surface area contributed by atoms with Gasteiger partial charge in [0.25, 0.3) is 23.6 Å². The third-order valence-electron chi connectivity index (χ3n) is 8.43. The highest BCUT2D eigenvalue weighted by Crippen LogP contribution is 2.34. The van der Waals surface area contributed by atoms with Crippen molar-refractivity contribution >= 4 is 151 Å². The van der Waals surface area contributed by atoms with Crippen LogP contribution >= 0.6 is 81.2 Å². The van der Waals surface area contributed by atoms with E-state index in [-0.39, 0.29) is 71.1 Å². The van der Waals surface area contributed by atoms with Gasteiger partial charge < -0.3 is 26.0 Å². The Hall–Kier alpha value is -5.65. The van der Waals surface area contributed by atoms with Crippen molar-refractivity contribution in [2.75, 3.05) is 21.3 Å². The van der Waals surface area contributed by atoms with Gasteiger partial charge in [0.1, 0.15) is 17.1 Å². The van der Waals surface area contributed by atoms with Crippen LogP contribution in [-0.2, 0) is 19.2 Å². The third-order valence-corrected chi connectivity index (χ3v) is 10.4. The van der Waals surface area contributed by atoms with E-state index < -0.39 is 52.8 Å². The van der Waals surface area contributed by atoms with E-state index in [0.29, 0.717) is 10.0 Å². The van der Waals surface area contributed by atoms with Gasteiger partial charge in [-0.3, -0.25) is 28.8 Å². The molecule has 0 fully saturated rings. The van der Waals surface area contributed by atoms with Gasteiger partial charge in [-0.25, -0.2) is 0 Å². The summed E-state index contributed by atoms with van der Waals surface area (Å²) in [5.74, 6) is -4.57. The second-order valence-corrected chi connectivity index (χ2v) is 16.3. The van der Waals surface area contributed by atoms with Gasteiger partial charge in [-0.2, -0.15) is 20.5 Å². The predicted octanol–water partition coefficient (Wildman–Crippen LogP) is 12.4. The van der Waals surface area contributed by atoms with Crippen molar-refractivity contribution in [2.24, 2.45) is 20.5 Å². The van der Waals surface area contributed by atoms with E-state index in [0.717, 1.165) is 13.8 Å². The Morgan fingerprint density at radius 1 is 0.547 bits per heavy atom. The second kappa shape index (κ2) is 22.3. The first-order valence-corrected chi connectivity index (χ1v) is 21.0. The Balaban J connectivity index is 1.30. The molecule has 5 rings (SSSR count). The normalized spacial score (nSPS) is 12.6. The minimum atomic E-state index is -1.70. The topological polar surface area (TPSA) is 209 Å². The number of nitrogens with one attached hydrogen (secondary N) is 4. The Bertz CT molecular complexity index is 2740. The highest BCUT2D eigenvalue weighted by Gasteiger charge is 2.27. The van der Waals surface area contributed by atoms with Crippen molar-refractivity contribution in [3.63, 3.8) is 0 Å². The van der Waals surface area contributed by atoms with Crippen LogP contribution in [0.4, 0.5) is 34.1 Å². The first kappa shape index (κ1) is 49.4. The Labute approximate surface area is 399 Å². The van der Waals surface area contributed by atoms with Crippen molar-refractivity contribution in [3.8, 4) is 5.75 Å². The van der Waals surface area contributed by atoms with Crippen LogP contribution in [0.5, 0.6) is 5.75 Å². The summed E-state index contributed by atoms with van der Waals surface area (Å²) in [6.45, 7) is 3.72. The molecule has 3 unspecified atom stereocenters.